The Balaban J connectivity index is 3.78. The molecule has 0 aromatic carbocycles. The Bertz CT molecular complexity index is 236. The molecule has 0 bridgehead atoms. The summed E-state index contributed by atoms with van der Waals surface area (Å²) in [5, 5.41) is 0. The van der Waals surface area contributed by atoms with Crippen molar-refractivity contribution in [3.8, 4) is 0 Å². The molecular weight excluding hydrogens is 358 g/mol. The molecule has 1 atom stereocenters. The van der Waals surface area contributed by atoms with Gasteiger partial charge in [0.25, 0.3) is 0 Å². The summed E-state index contributed by atoms with van der Waals surface area (Å²) in [6.07, 6.45) is 2.66. The zero-order valence-corrected chi connectivity index (χ0v) is 12.8. The second-order valence-electron chi connectivity index (χ2n) is 3.53. The monoisotopic (exact) mass is 376 g/mol. The van der Waals surface area contributed by atoms with Crippen molar-refractivity contribution in [3.05, 3.63) is 0 Å². The average molecular weight is 377 g/mol. The third-order valence-corrected chi connectivity index (χ3v) is 3.19. The molecule has 4 nitrogen and oxygen atoms in total. The summed E-state index contributed by atoms with van der Waals surface area (Å²) < 4.78 is 10.5. The van der Waals surface area contributed by atoms with Crippen molar-refractivity contribution in [2.45, 2.75) is 38.7 Å². The first kappa shape index (κ1) is 17.0. The molecule has 0 aliphatic rings. The summed E-state index contributed by atoms with van der Waals surface area (Å²) >= 11 is 7.37. The summed E-state index contributed by atoms with van der Waals surface area (Å²) in [7, 11) is 0. The molecule has 0 aliphatic carbocycles. The van der Waals surface area contributed by atoms with E-state index in [2.05, 4.69) is 29.5 Å². The zero-order valence-electron chi connectivity index (χ0n) is 9.92. The molecule has 0 amide bonds. The van der Waals surface area contributed by atoms with Gasteiger partial charge in [0.2, 0.25) is 0 Å². The van der Waals surface area contributed by atoms with Crippen LogP contribution in [0.4, 0.5) is 0 Å². The maximum Gasteiger partial charge on any atom is 0.321 e. The van der Waals surface area contributed by atoms with Gasteiger partial charge in [-0.15, -0.1) is 11.6 Å². The first-order valence-electron chi connectivity index (χ1n) is 5.61. The molecule has 0 aromatic heterocycles. The SMILES string of the molecule is CCCCCOC(=O)CC(CI)OC(=O)CCl. The number of carbonyl (C=O) groups excluding carboxylic acids is 2. The average Bonchev–Trinajstić information content (AvgIpc) is 2.33. The van der Waals surface area contributed by atoms with Gasteiger partial charge in [0.1, 0.15) is 12.0 Å². The van der Waals surface area contributed by atoms with Gasteiger partial charge in [0.05, 0.1) is 13.0 Å². The van der Waals surface area contributed by atoms with Crippen molar-refractivity contribution < 1.29 is 19.1 Å². The number of alkyl halides is 2. The van der Waals surface area contributed by atoms with Crippen LogP contribution in [0.3, 0.4) is 0 Å². The van der Waals surface area contributed by atoms with E-state index in [9.17, 15) is 9.59 Å². The Morgan fingerprint density at radius 1 is 1.29 bits per heavy atom. The number of esters is 2. The largest absolute Gasteiger partial charge is 0.466 e. The van der Waals surface area contributed by atoms with Crippen LogP contribution >= 0.6 is 34.2 Å². The lowest BCUT2D eigenvalue weighted by molar-refractivity contribution is -0.152. The fraction of sp³-hybridized carbons (Fsp3) is 0.818. The zero-order chi connectivity index (χ0) is 13.1. The minimum atomic E-state index is -0.507. The van der Waals surface area contributed by atoms with Crippen molar-refractivity contribution in [1.29, 1.82) is 0 Å². The van der Waals surface area contributed by atoms with Crippen molar-refractivity contribution in [1.82, 2.24) is 0 Å². The van der Waals surface area contributed by atoms with E-state index in [0.717, 1.165) is 19.3 Å². The molecule has 0 aromatic rings. The van der Waals surface area contributed by atoms with E-state index >= 15 is 0 Å². The highest BCUT2D eigenvalue weighted by molar-refractivity contribution is 14.1. The Labute approximate surface area is 121 Å². The number of hydrogen-bond donors (Lipinski definition) is 0. The topological polar surface area (TPSA) is 52.6 Å². The van der Waals surface area contributed by atoms with E-state index in [4.69, 9.17) is 21.1 Å². The first-order valence-corrected chi connectivity index (χ1v) is 7.67. The van der Waals surface area contributed by atoms with Crippen molar-refractivity contribution >= 4 is 46.1 Å². The van der Waals surface area contributed by atoms with Crippen LogP contribution in [0, 0.1) is 0 Å². The molecule has 0 radical (unpaired) electrons. The Hall–Kier alpha value is -0.0400. The Morgan fingerprint density at radius 3 is 2.53 bits per heavy atom. The smallest absolute Gasteiger partial charge is 0.321 e. The van der Waals surface area contributed by atoms with E-state index in [1.165, 1.54) is 0 Å². The molecule has 0 spiro atoms. The van der Waals surface area contributed by atoms with E-state index in [1.54, 1.807) is 0 Å². The van der Waals surface area contributed by atoms with Crippen molar-refractivity contribution in [2.75, 3.05) is 16.9 Å². The minimum absolute atomic E-state index is 0.0949. The number of rotatable bonds is 9. The molecule has 0 N–H and O–H groups in total. The molecular formula is C11H18ClIO4. The summed E-state index contributed by atoms with van der Waals surface area (Å²) in [4.78, 5) is 22.3. The molecule has 0 fully saturated rings. The van der Waals surface area contributed by atoms with Gasteiger partial charge in [-0.1, -0.05) is 42.4 Å². The van der Waals surface area contributed by atoms with Crippen LogP contribution in [0.15, 0.2) is 0 Å². The first-order chi connectivity index (χ1) is 8.13. The third-order valence-electron chi connectivity index (χ3n) is 1.98. The molecule has 100 valence electrons. The van der Waals surface area contributed by atoms with Crippen molar-refractivity contribution in [3.63, 3.8) is 0 Å². The fourth-order valence-electron chi connectivity index (χ4n) is 1.13. The highest BCUT2D eigenvalue weighted by atomic mass is 127. The Morgan fingerprint density at radius 2 is 2.00 bits per heavy atom. The highest BCUT2D eigenvalue weighted by Crippen LogP contribution is 2.06. The highest BCUT2D eigenvalue weighted by Gasteiger charge is 2.17. The summed E-state index contributed by atoms with van der Waals surface area (Å²) in [6.45, 7) is 2.52. The summed E-state index contributed by atoms with van der Waals surface area (Å²) in [5.74, 6) is -1.03. The molecule has 0 heterocycles. The van der Waals surface area contributed by atoms with Crippen LogP contribution in [0.25, 0.3) is 0 Å². The van der Waals surface area contributed by atoms with Gasteiger partial charge in [0.15, 0.2) is 0 Å². The minimum Gasteiger partial charge on any atom is -0.466 e. The van der Waals surface area contributed by atoms with Gasteiger partial charge in [-0.25, -0.2) is 0 Å². The number of ether oxygens (including phenoxy) is 2. The molecule has 6 heteroatoms. The van der Waals surface area contributed by atoms with Crippen molar-refractivity contribution in [2.24, 2.45) is 0 Å². The van der Waals surface area contributed by atoms with Crippen LogP contribution in [0.1, 0.15) is 32.6 Å². The van der Waals surface area contributed by atoms with Gasteiger partial charge in [-0.05, 0) is 6.42 Å². The van der Waals surface area contributed by atoms with Gasteiger partial charge in [-0.3, -0.25) is 9.59 Å². The van der Waals surface area contributed by atoms with Gasteiger partial charge < -0.3 is 9.47 Å². The van der Waals surface area contributed by atoms with Crippen LogP contribution in [-0.4, -0.2) is 35.0 Å². The normalized spacial score (nSPS) is 11.9. The van der Waals surface area contributed by atoms with Crippen LogP contribution in [-0.2, 0) is 19.1 Å². The molecule has 0 aliphatic heterocycles. The number of unbranched alkanes of at least 4 members (excludes halogenated alkanes) is 2. The second-order valence-corrected chi connectivity index (χ2v) is 4.68. The van der Waals surface area contributed by atoms with Gasteiger partial charge in [0, 0.05) is 4.43 Å². The predicted molar refractivity (Wildman–Crippen MR) is 74.6 cm³/mol. The van der Waals surface area contributed by atoms with Crippen LogP contribution in [0.5, 0.6) is 0 Å². The molecule has 1 unspecified atom stereocenters. The lowest BCUT2D eigenvalue weighted by Gasteiger charge is -2.14. The summed E-state index contributed by atoms with van der Waals surface area (Å²) in [5.41, 5.74) is 0. The van der Waals surface area contributed by atoms with E-state index in [0.29, 0.717) is 11.0 Å². The standard InChI is InChI=1S/C11H18ClIO4/c1-2-3-4-5-16-10(14)6-9(8-13)17-11(15)7-12/h9H,2-8H2,1H3. The van der Waals surface area contributed by atoms with Crippen LogP contribution < -0.4 is 0 Å². The maximum absolute atomic E-state index is 11.4. The third kappa shape index (κ3) is 9.64. The molecule has 0 rings (SSSR count). The molecule has 0 saturated carbocycles. The van der Waals surface area contributed by atoms with Gasteiger partial charge in [-0.2, -0.15) is 0 Å². The lowest BCUT2D eigenvalue weighted by Crippen LogP contribution is -2.24. The second kappa shape index (κ2) is 11.1. The van der Waals surface area contributed by atoms with E-state index in [-0.39, 0.29) is 18.3 Å². The fourth-order valence-corrected chi connectivity index (χ4v) is 1.68. The Kier molecular flexibility index (Phi) is 11.0. The predicted octanol–water partition coefficient (Wildman–Crippen LogP) is 2.70. The quantitative estimate of drug-likeness (QED) is 0.269. The molecule has 17 heavy (non-hydrogen) atoms. The number of carbonyl (C=O) groups is 2. The van der Waals surface area contributed by atoms with Crippen LogP contribution in [0.2, 0.25) is 0 Å². The lowest BCUT2D eigenvalue weighted by atomic mass is 10.2. The number of hydrogen-bond acceptors (Lipinski definition) is 4. The van der Waals surface area contributed by atoms with Gasteiger partial charge >= 0.3 is 11.9 Å². The van der Waals surface area contributed by atoms with E-state index < -0.39 is 12.1 Å². The summed E-state index contributed by atoms with van der Waals surface area (Å²) in [6, 6.07) is 0. The molecule has 0 saturated heterocycles. The maximum atomic E-state index is 11.4. The van der Waals surface area contributed by atoms with E-state index in [1.807, 2.05) is 0 Å². The number of halogens is 2.